The normalized spacial score (nSPS) is 31.9. The molecule has 4 aliphatic carbocycles. The predicted octanol–water partition coefficient (Wildman–Crippen LogP) is 7.84. The highest BCUT2D eigenvalue weighted by atomic mass is 16.5. The van der Waals surface area contributed by atoms with E-state index in [0.29, 0.717) is 0 Å². The Bertz CT molecular complexity index is 434. The fraction of sp³-hybridized carbons (Fsp3) is 0.962. The molecule has 0 radical (unpaired) electrons. The summed E-state index contributed by atoms with van der Waals surface area (Å²) < 4.78 is 6.13. The van der Waals surface area contributed by atoms with Crippen LogP contribution in [0.5, 0.6) is 0 Å². The van der Waals surface area contributed by atoms with E-state index in [2.05, 4.69) is 13.8 Å². The van der Waals surface area contributed by atoms with E-state index in [1.54, 1.807) is 0 Å². The van der Waals surface area contributed by atoms with Crippen LogP contribution in [0, 0.1) is 23.2 Å². The topological polar surface area (TPSA) is 26.3 Å². The van der Waals surface area contributed by atoms with E-state index in [0.717, 1.165) is 49.9 Å². The smallest absolute Gasteiger partial charge is 0.312 e. The summed E-state index contributed by atoms with van der Waals surface area (Å²) in [6.45, 7) is 4.47. The number of rotatable bonds is 14. The zero-order chi connectivity index (χ0) is 19.8. The molecule has 0 aromatic heterocycles. The van der Waals surface area contributed by atoms with Crippen molar-refractivity contribution in [3.63, 3.8) is 0 Å². The monoisotopic (exact) mass is 390 g/mol. The molecular weight excluding hydrogens is 344 g/mol. The largest absolute Gasteiger partial charge is 0.462 e. The van der Waals surface area contributed by atoms with Crippen LogP contribution in [0.3, 0.4) is 0 Å². The van der Waals surface area contributed by atoms with Gasteiger partial charge in [0.15, 0.2) is 0 Å². The lowest BCUT2D eigenvalue weighted by Crippen LogP contribution is -2.51. The molecule has 0 heterocycles. The minimum atomic E-state index is -0.0834. The zero-order valence-electron chi connectivity index (χ0n) is 18.9. The third kappa shape index (κ3) is 5.99. The molecule has 4 saturated carbocycles. The fourth-order valence-electron chi connectivity index (χ4n) is 6.84. The molecule has 28 heavy (non-hydrogen) atoms. The summed E-state index contributed by atoms with van der Waals surface area (Å²) in [6.07, 6.45) is 23.5. The lowest BCUT2D eigenvalue weighted by atomic mass is 9.49. The molecule has 1 atom stereocenters. The van der Waals surface area contributed by atoms with Crippen LogP contribution in [-0.2, 0) is 9.53 Å². The van der Waals surface area contributed by atoms with E-state index in [9.17, 15) is 4.79 Å². The molecule has 2 nitrogen and oxygen atoms in total. The van der Waals surface area contributed by atoms with Crippen LogP contribution in [0.1, 0.15) is 129 Å². The van der Waals surface area contributed by atoms with Crippen molar-refractivity contribution in [1.29, 1.82) is 0 Å². The molecule has 0 aromatic rings. The molecule has 4 aliphatic rings. The van der Waals surface area contributed by atoms with Crippen molar-refractivity contribution in [2.24, 2.45) is 23.2 Å². The quantitative estimate of drug-likeness (QED) is 0.223. The summed E-state index contributed by atoms with van der Waals surface area (Å²) in [5.74, 6) is 2.65. The standard InChI is InChI=1S/C26H46O2/c1-3-5-6-7-8-9-10-11-12-13-14-24(4-2)28-25(27)26-18-21-15-22(19-26)17-23(16-21)20-26/h21-24H,3-20H2,1-2H3. The molecule has 162 valence electrons. The van der Waals surface area contributed by atoms with Crippen LogP contribution in [0.15, 0.2) is 0 Å². The first-order valence-corrected chi connectivity index (χ1v) is 12.9. The number of hydrogen-bond acceptors (Lipinski definition) is 2. The predicted molar refractivity (Wildman–Crippen MR) is 117 cm³/mol. The van der Waals surface area contributed by atoms with Crippen molar-refractivity contribution in [3.8, 4) is 0 Å². The van der Waals surface area contributed by atoms with Gasteiger partial charge in [-0.1, -0.05) is 71.6 Å². The molecular formula is C26H46O2. The lowest BCUT2D eigenvalue weighted by molar-refractivity contribution is -0.177. The van der Waals surface area contributed by atoms with E-state index in [1.165, 1.54) is 83.5 Å². The third-order valence-corrected chi connectivity index (χ3v) is 8.08. The second-order valence-corrected chi connectivity index (χ2v) is 10.6. The molecule has 0 aliphatic heterocycles. The Kier molecular flexibility index (Phi) is 8.72. The molecule has 0 spiro atoms. The molecule has 4 bridgehead atoms. The number of ether oxygens (including phenoxy) is 1. The van der Waals surface area contributed by atoms with Crippen molar-refractivity contribution in [2.45, 2.75) is 136 Å². The van der Waals surface area contributed by atoms with Gasteiger partial charge in [-0.15, -0.1) is 0 Å². The third-order valence-electron chi connectivity index (χ3n) is 8.08. The Morgan fingerprint density at radius 1 is 0.786 bits per heavy atom. The van der Waals surface area contributed by atoms with E-state index >= 15 is 0 Å². The van der Waals surface area contributed by atoms with Crippen LogP contribution in [0.2, 0.25) is 0 Å². The SMILES string of the molecule is CCCCCCCCCCCCC(CC)OC(=O)C12CC3CC(CC(C3)C1)C2. The maximum atomic E-state index is 13.1. The number of unbranched alkanes of at least 4 members (excludes halogenated alkanes) is 9. The molecule has 1 unspecified atom stereocenters. The first kappa shape index (κ1) is 22.2. The zero-order valence-corrected chi connectivity index (χ0v) is 18.9. The maximum absolute atomic E-state index is 13.1. The van der Waals surface area contributed by atoms with E-state index in [1.807, 2.05) is 0 Å². The molecule has 0 amide bonds. The van der Waals surface area contributed by atoms with Crippen LogP contribution >= 0.6 is 0 Å². The summed E-state index contributed by atoms with van der Waals surface area (Å²) in [5.41, 5.74) is -0.0834. The van der Waals surface area contributed by atoms with Gasteiger partial charge in [-0.05, 0) is 75.5 Å². The molecule has 4 fully saturated rings. The van der Waals surface area contributed by atoms with Crippen LogP contribution in [0.25, 0.3) is 0 Å². The average Bonchev–Trinajstić information content (AvgIpc) is 2.67. The van der Waals surface area contributed by atoms with Crippen molar-refractivity contribution in [1.82, 2.24) is 0 Å². The van der Waals surface area contributed by atoms with Gasteiger partial charge in [0, 0.05) is 0 Å². The highest BCUT2D eigenvalue weighted by molar-refractivity contribution is 5.77. The second kappa shape index (κ2) is 11.0. The minimum Gasteiger partial charge on any atom is -0.462 e. The van der Waals surface area contributed by atoms with Gasteiger partial charge in [-0.2, -0.15) is 0 Å². The molecule has 4 rings (SSSR count). The van der Waals surface area contributed by atoms with Crippen molar-refractivity contribution < 1.29 is 9.53 Å². The molecule has 0 saturated heterocycles. The number of carbonyl (C=O) groups excluding carboxylic acids is 1. The van der Waals surface area contributed by atoms with Crippen molar-refractivity contribution in [2.75, 3.05) is 0 Å². The number of carbonyl (C=O) groups is 1. The van der Waals surface area contributed by atoms with Gasteiger partial charge in [0.2, 0.25) is 0 Å². The highest BCUT2D eigenvalue weighted by Crippen LogP contribution is 2.60. The Labute approximate surface area is 174 Å². The molecule has 0 aromatic carbocycles. The van der Waals surface area contributed by atoms with E-state index < -0.39 is 0 Å². The lowest BCUT2D eigenvalue weighted by Gasteiger charge is -2.55. The fourth-order valence-corrected chi connectivity index (χ4v) is 6.84. The van der Waals surface area contributed by atoms with E-state index in [-0.39, 0.29) is 17.5 Å². The summed E-state index contributed by atoms with van der Waals surface area (Å²) in [4.78, 5) is 13.1. The molecule has 0 N–H and O–H groups in total. The average molecular weight is 391 g/mol. The number of hydrogen-bond donors (Lipinski definition) is 0. The van der Waals surface area contributed by atoms with Gasteiger partial charge < -0.3 is 4.74 Å². The first-order valence-electron chi connectivity index (χ1n) is 12.9. The maximum Gasteiger partial charge on any atom is 0.312 e. The number of esters is 1. The first-order chi connectivity index (χ1) is 13.6. The summed E-state index contributed by atoms with van der Waals surface area (Å²) in [7, 11) is 0. The summed E-state index contributed by atoms with van der Waals surface area (Å²) >= 11 is 0. The van der Waals surface area contributed by atoms with E-state index in [4.69, 9.17) is 4.74 Å². The van der Waals surface area contributed by atoms with Gasteiger partial charge in [0.05, 0.1) is 5.41 Å². The Morgan fingerprint density at radius 2 is 1.25 bits per heavy atom. The van der Waals surface area contributed by atoms with Gasteiger partial charge in [-0.3, -0.25) is 4.79 Å². The van der Waals surface area contributed by atoms with Gasteiger partial charge >= 0.3 is 5.97 Å². The van der Waals surface area contributed by atoms with Gasteiger partial charge in [0.1, 0.15) is 6.10 Å². The Balaban J connectivity index is 1.29. The Hall–Kier alpha value is -0.530. The van der Waals surface area contributed by atoms with Crippen LogP contribution in [-0.4, -0.2) is 12.1 Å². The van der Waals surface area contributed by atoms with Gasteiger partial charge in [-0.25, -0.2) is 0 Å². The highest BCUT2D eigenvalue weighted by Gasteiger charge is 2.55. The van der Waals surface area contributed by atoms with Gasteiger partial charge in [0.25, 0.3) is 0 Å². The molecule has 2 heteroatoms. The van der Waals surface area contributed by atoms with Crippen molar-refractivity contribution >= 4 is 5.97 Å². The summed E-state index contributed by atoms with van der Waals surface area (Å²) in [5, 5.41) is 0. The van der Waals surface area contributed by atoms with Crippen molar-refractivity contribution in [3.05, 3.63) is 0 Å². The summed E-state index contributed by atoms with van der Waals surface area (Å²) in [6, 6.07) is 0. The van der Waals surface area contributed by atoms with Crippen LogP contribution in [0.4, 0.5) is 0 Å². The second-order valence-electron chi connectivity index (χ2n) is 10.6. The van der Waals surface area contributed by atoms with Crippen LogP contribution < -0.4 is 0 Å². The minimum absolute atomic E-state index is 0.0834. The Morgan fingerprint density at radius 3 is 1.71 bits per heavy atom.